The van der Waals surface area contributed by atoms with Crippen LogP contribution in [-0.2, 0) is 19.1 Å². The number of carbonyl (C=O) groups excluding carboxylic acids is 2. The Morgan fingerprint density at radius 3 is 2.39 bits per heavy atom. The summed E-state index contributed by atoms with van der Waals surface area (Å²) in [6.45, 7) is 3.91. The SMILES string of the molecule is CCCOC(=O)C(OC(=O)CC)c1ccccc1. The molecule has 4 heteroatoms. The van der Waals surface area contributed by atoms with Gasteiger partial charge in [0.15, 0.2) is 0 Å². The molecule has 0 fully saturated rings. The molecule has 0 heterocycles. The smallest absolute Gasteiger partial charge is 0.352 e. The van der Waals surface area contributed by atoms with Gasteiger partial charge in [0.25, 0.3) is 0 Å². The minimum Gasteiger partial charge on any atom is -0.463 e. The van der Waals surface area contributed by atoms with Crippen LogP contribution in [0.1, 0.15) is 38.4 Å². The van der Waals surface area contributed by atoms with Crippen LogP contribution < -0.4 is 0 Å². The van der Waals surface area contributed by atoms with Crippen molar-refractivity contribution < 1.29 is 19.1 Å². The maximum Gasteiger partial charge on any atom is 0.352 e. The molecule has 1 atom stereocenters. The van der Waals surface area contributed by atoms with Gasteiger partial charge < -0.3 is 9.47 Å². The van der Waals surface area contributed by atoms with Gasteiger partial charge in [0, 0.05) is 12.0 Å². The Morgan fingerprint density at radius 2 is 1.83 bits per heavy atom. The molecule has 0 aliphatic heterocycles. The van der Waals surface area contributed by atoms with Crippen LogP contribution in [0, 0.1) is 0 Å². The van der Waals surface area contributed by atoms with Crippen LogP contribution in [0.25, 0.3) is 0 Å². The monoisotopic (exact) mass is 250 g/mol. The first-order valence-corrected chi connectivity index (χ1v) is 6.10. The topological polar surface area (TPSA) is 52.6 Å². The van der Waals surface area contributed by atoms with Crippen LogP contribution in [0.15, 0.2) is 30.3 Å². The first-order chi connectivity index (χ1) is 8.69. The summed E-state index contributed by atoms with van der Waals surface area (Å²) in [7, 11) is 0. The third-order valence-corrected chi connectivity index (χ3v) is 2.30. The van der Waals surface area contributed by atoms with Gasteiger partial charge >= 0.3 is 11.9 Å². The second-order valence-electron chi connectivity index (χ2n) is 3.80. The Bertz CT molecular complexity index is 386. The summed E-state index contributed by atoms with van der Waals surface area (Å²) in [5, 5.41) is 0. The highest BCUT2D eigenvalue weighted by Gasteiger charge is 2.25. The summed E-state index contributed by atoms with van der Waals surface area (Å²) in [6, 6.07) is 8.88. The maximum absolute atomic E-state index is 11.9. The van der Waals surface area contributed by atoms with E-state index in [1.807, 2.05) is 13.0 Å². The molecule has 1 aromatic carbocycles. The zero-order valence-electron chi connectivity index (χ0n) is 10.7. The van der Waals surface area contributed by atoms with E-state index in [4.69, 9.17) is 9.47 Å². The van der Waals surface area contributed by atoms with Gasteiger partial charge in [0.1, 0.15) is 0 Å². The van der Waals surface area contributed by atoms with Crippen molar-refractivity contribution in [2.24, 2.45) is 0 Å². The highest BCUT2D eigenvalue weighted by Crippen LogP contribution is 2.19. The average Bonchev–Trinajstić information content (AvgIpc) is 2.42. The van der Waals surface area contributed by atoms with Crippen molar-refractivity contribution in [1.29, 1.82) is 0 Å². The van der Waals surface area contributed by atoms with Crippen molar-refractivity contribution in [3.8, 4) is 0 Å². The summed E-state index contributed by atoms with van der Waals surface area (Å²) >= 11 is 0. The lowest BCUT2D eigenvalue weighted by molar-refractivity contribution is -0.168. The molecule has 1 aromatic rings. The third kappa shape index (κ3) is 4.20. The highest BCUT2D eigenvalue weighted by molar-refractivity contribution is 5.80. The predicted molar refractivity (Wildman–Crippen MR) is 66.8 cm³/mol. The van der Waals surface area contributed by atoms with Crippen molar-refractivity contribution in [3.63, 3.8) is 0 Å². The maximum atomic E-state index is 11.9. The molecule has 0 radical (unpaired) electrons. The lowest BCUT2D eigenvalue weighted by Gasteiger charge is -2.16. The predicted octanol–water partition coefficient (Wildman–Crippen LogP) is 2.63. The van der Waals surface area contributed by atoms with E-state index in [9.17, 15) is 9.59 Å². The number of carbonyl (C=O) groups is 2. The van der Waals surface area contributed by atoms with E-state index >= 15 is 0 Å². The molecule has 0 aliphatic rings. The standard InChI is InChI=1S/C14H18O4/c1-3-10-17-14(16)13(18-12(15)4-2)11-8-6-5-7-9-11/h5-9,13H,3-4,10H2,1-2H3. The summed E-state index contributed by atoms with van der Waals surface area (Å²) < 4.78 is 10.2. The average molecular weight is 250 g/mol. The molecule has 0 bridgehead atoms. The van der Waals surface area contributed by atoms with Crippen LogP contribution in [0.2, 0.25) is 0 Å². The van der Waals surface area contributed by atoms with Crippen molar-refractivity contribution in [1.82, 2.24) is 0 Å². The molecule has 0 spiro atoms. The van der Waals surface area contributed by atoms with Crippen LogP contribution in [0.4, 0.5) is 0 Å². The second kappa shape index (κ2) is 7.48. The van der Waals surface area contributed by atoms with Gasteiger partial charge in [0.05, 0.1) is 6.61 Å². The Morgan fingerprint density at radius 1 is 1.17 bits per heavy atom. The van der Waals surface area contributed by atoms with Crippen molar-refractivity contribution in [2.45, 2.75) is 32.8 Å². The first-order valence-electron chi connectivity index (χ1n) is 6.10. The van der Waals surface area contributed by atoms with E-state index in [2.05, 4.69) is 0 Å². The molecular weight excluding hydrogens is 232 g/mol. The van der Waals surface area contributed by atoms with Gasteiger partial charge in [-0.2, -0.15) is 0 Å². The lowest BCUT2D eigenvalue weighted by Crippen LogP contribution is -2.22. The fourth-order valence-electron chi connectivity index (χ4n) is 1.37. The summed E-state index contributed by atoms with van der Waals surface area (Å²) in [4.78, 5) is 23.2. The highest BCUT2D eigenvalue weighted by atomic mass is 16.6. The van der Waals surface area contributed by atoms with Gasteiger partial charge in [-0.05, 0) is 6.42 Å². The van der Waals surface area contributed by atoms with Crippen LogP contribution in [-0.4, -0.2) is 18.5 Å². The van der Waals surface area contributed by atoms with Gasteiger partial charge in [0.2, 0.25) is 6.10 Å². The summed E-state index contributed by atoms with van der Waals surface area (Å²) in [5.74, 6) is -0.942. The van der Waals surface area contributed by atoms with E-state index < -0.39 is 18.0 Å². The van der Waals surface area contributed by atoms with Crippen molar-refractivity contribution >= 4 is 11.9 Å². The molecule has 0 amide bonds. The van der Waals surface area contributed by atoms with Gasteiger partial charge in [-0.3, -0.25) is 4.79 Å². The molecule has 4 nitrogen and oxygen atoms in total. The van der Waals surface area contributed by atoms with Crippen LogP contribution in [0.5, 0.6) is 0 Å². The fraction of sp³-hybridized carbons (Fsp3) is 0.429. The third-order valence-electron chi connectivity index (χ3n) is 2.30. The molecule has 0 saturated carbocycles. The zero-order valence-corrected chi connectivity index (χ0v) is 10.7. The van der Waals surface area contributed by atoms with E-state index in [1.165, 1.54) is 0 Å². The quantitative estimate of drug-likeness (QED) is 0.728. The molecule has 98 valence electrons. The number of hydrogen-bond acceptors (Lipinski definition) is 4. The Kier molecular flexibility index (Phi) is 5.91. The molecule has 1 rings (SSSR count). The fourth-order valence-corrected chi connectivity index (χ4v) is 1.37. The van der Waals surface area contributed by atoms with Gasteiger partial charge in [-0.1, -0.05) is 44.2 Å². The Hall–Kier alpha value is -1.84. The van der Waals surface area contributed by atoms with E-state index in [0.717, 1.165) is 6.42 Å². The Balaban J connectivity index is 2.81. The zero-order chi connectivity index (χ0) is 13.4. The molecular formula is C14H18O4. The van der Waals surface area contributed by atoms with Crippen molar-refractivity contribution in [3.05, 3.63) is 35.9 Å². The second-order valence-corrected chi connectivity index (χ2v) is 3.80. The largest absolute Gasteiger partial charge is 0.463 e. The minimum atomic E-state index is -0.967. The van der Waals surface area contributed by atoms with Gasteiger partial charge in [-0.25, -0.2) is 4.79 Å². The number of esters is 2. The van der Waals surface area contributed by atoms with E-state index in [-0.39, 0.29) is 6.42 Å². The number of hydrogen-bond donors (Lipinski definition) is 0. The van der Waals surface area contributed by atoms with Gasteiger partial charge in [-0.15, -0.1) is 0 Å². The molecule has 0 aromatic heterocycles. The molecule has 0 aliphatic carbocycles. The van der Waals surface area contributed by atoms with E-state index in [1.54, 1.807) is 31.2 Å². The lowest BCUT2D eigenvalue weighted by atomic mass is 10.1. The molecule has 0 saturated heterocycles. The Labute approximate surface area is 107 Å². The molecule has 18 heavy (non-hydrogen) atoms. The van der Waals surface area contributed by atoms with Crippen LogP contribution in [0.3, 0.4) is 0 Å². The van der Waals surface area contributed by atoms with Crippen molar-refractivity contribution in [2.75, 3.05) is 6.61 Å². The number of ether oxygens (including phenoxy) is 2. The number of benzene rings is 1. The summed E-state index contributed by atoms with van der Waals surface area (Å²) in [5.41, 5.74) is 0.625. The van der Waals surface area contributed by atoms with Crippen LogP contribution >= 0.6 is 0 Å². The molecule has 0 N–H and O–H groups in total. The molecule has 1 unspecified atom stereocenters. The van der Waals surface area contributed by atoms with E-state index in [0.29, 0.717) is 12.2 Å². The number of rotatable bonds is 6. The first kappa shape index (κ1) is 14.2. The summed E-state index contributed by atoms with van der Waals surface area (Å²) in [6.07, 6.45) is -0.00970. The normalized spacial score (nSPS) is 11.7. The minimum absolute atomic E-state index is 0.227.